The number of anilines is 1. The highest BCUT2D eigenvalue weighted by atomic mass is 16.5. The molecule has 2 rings (SSSR count). The molecule has 1 aliphatic rings. The number of rotatable bonds is 8. The number of nitrogens with two attached hydrogens (primary N) is 1. The van der Waals surface area contributed by atoms with Gasteiger partial charge in [-0.2, -0.15) is 0 Å². The Morgan fingerprint density at radius 3 is 2.61 bits per heavy atom. The molecule has 1 aromatic carbocycles. The van der Waals surface area contributed by atoms with Crippen molar-refractivity contribution < 1.29 is 4.74 Å². The van der Waals surface area contributed by atoms with Crippen LogP contribution in [0.3, 0.4) is 0 Å². The molecule has 0 aliphatic heterocycles. The van der Waals surface area contributed by atoms with Crippen LogP contribution in [0.25, 0.3) is 0 Å². The van der Waals surface area contributed by atoms with Gasteiger partial charge in [-0.1, -0.05) is 39.2 Å². The van der Waals surface area contributed by atoms with Gasteiger partial charge in [-0.05, 0) is 62.9 Å². The van der Waals surface area contributed by atoms with Crippen LogP contribution in [0.2, 0.25) is 0 Å². The Balaban J connectivity index is 1.75. The molecule has 1 aliphatic carbocycles. The van der Waals surface area contributed by atoms with Crippen molar-refractivity contribution in [2.24, 2.45) is 5.92 Å². The first-order valence-corrected chi connectivity index (χ1v) is 9.27. The minimum atomic E-state index is 0.518. The molecule has 23 heavy (non-hydrogen) atoms. The van der Waals surface area contributed by atoms with E-state index in [0.29, 0.717) is 5.92 Å². The minimum Gasteiger partial charge on any atom is -0.491 e. The predicted molar refractivity (Wildman–Crippen MR) is 99.0 cm³/mol. The lowest BCUT2D eigenvalue weighted by molar-refractivity contribution is 0.190. The minimum absolute atomic E-state index is 0.518. The summed E-state index contributed by atoms with van der Waals surface area (Å²) in [6.45, 7) is 6.19. The molecule has 0 unspecified atom stereocenters. The number of nitrogen functional groups attached to an aromatic ring is 1. The predicted octanol–water partition coefficient (Wildman–Crippen LogP) is 4.50. The molecule has 0 bridgehead atoms. The van der Waals surface area contributed by atoms with Crippen LogP contribution in [-0.4, -0.2) is 31.1 Å². The molecule has 0 aromatic heterocycles. The highest BCUT2D eigenvalue weighted by Gasteiger charge is 2.17. The average Bonchev–Trinajstić information content (AvgIpc) is 2.54. The van der Waals surface area contributed by atoms with E-state index in [4.69, 9.17) is 10.5 Å². The third-order valence-corrected chi connectivity index (χ3v) is 4.82. The van der Waals surface area contributed by atoms with Crippen molar-refractivity contribution in [1.29, 1.82) is 0 Å². The van der Waals surface area contributed by atoms with Crippen molar-refractivity contribution in [3.8, 4) is 5.75 Å². The molecule has 130 valence electrons. The number of benzene rings is 1. The monoisotopic (exact) mass is 318 g/mol. The quantitative estimate of drug-likeness (QED) is 0.717. The molecule has 0 heterocycles. The lowest BCUT2D eigenvalue weighted by Crippen LogP contribution is -2.34. The van der Waals surface area contributed by atoms with E-state index in [1.807, 2.05) is 6.07 Å². The summed E-state index contributed by atoms with van der Waals surface area (Å²) in [6, 6.07) is 7.07. The van der Waals surface area contributed by atoms with E-state index in [1.54, 1.807) is 0 Å². The highest BCUT2D eigenvalue weighted by Crippen LogP contribution is 2.24. The third-order valence-electron chi connectivity index (χ3n) is 4.82. The van der Waals surface area contributed by atoms with Crippen molar-refractivity contribution in [2.75, 3.05) is 25.9 Å². The van der Waals surface area contributed by atoms with E-state index < -0.39 is 0 Å². The number of hydrogen-bond acceptors (Lipinski definition) is 3. The van der Waals surface area contributed by atoms with E-state index in [2.05, 4.69) is 37.9 Å². The van der Waals surface area contributed by atoms with Gasteiger partial charge in [0, 0.05) is 6.04 Å². The SMILES string of the molecule is CC(C)COc1ccc(CCCN(C)C2CCCCC2)cc1N. The molecule has 2 N–H and O–H groups in total. The van der Waals surface area contributed by atoms with Gasteiger partial charge in [0.1, 0.15) is 5.75 Å². The number of ether oxygens (including phenoxy) is 1. The number of nitrogens with zero attached hydrogens (tertiary/aromatic N) is 1. The summed E-state index contributed by atoms with van der Waals surface area (Å²) in [5.74, 6) is 1.34. The van der Waals surface area contributed by atoms with Crippen LogP contribution in [0, 0.1) is 5.92 Å². The van der Waals surface area contributed by atoms with E-state index in [9.17, 15) is 0 Å². The average molecular weight is 319 g/mol. The van der Waals surface area contributed by atoms with E-state index in [-0.39, 0.29) is 0 Å². The molecule has 1 saturated carbocycles. The van der Waals surface area contributed by atoms with Crippen LogP contribution in [0.5, 0.6) is 5.75 Å². The zero-order valence-corrected chi connectivity index (χ0v) is 15.2. The van der Waals surface area contributed by atoms with Crippen molar-refractivity contribution in [2.45, 2.75) is 64.8 Å². The van der Waals surface area contributed by atoms with Crippen LogP contribution < -0.4 is 10.5 Å². The zero-order chi connectivity index (χ0) is 16.7. The van der Waals surface area contributed by atoms with Crippen LogP contribution in [0.4, 0.5) is 5.69 Å². The van der Waals surface area contributed by atoms with Crippen molar-refractivity contribution in [3.05, 3.63) is 23.8 Å². The Hall–Kier alpha value is -1.22. The lowest BCUT2D eigenvalue weighted by atomic mass is 9.94. The van der Waals surface area contributed by atoms with E-state index >= 15 is 0 Å². The van der Waals surface area contributed by atoms with E-state index in [0.717, 1.165) is 30.5 Å². The summed E-state index contributed by atoms with van der Waals surface area (Å²) in [5.41, 5.74) is 8.20. The van der Waals surface area contributed by atoms with Gasteiger partial charge in [-0.15, -0.1) is 0 Å². The second-order valence-electron chi connectivity index (χ2n) is 7.45. The summed E-state index contributed by atoms with van der Waals surface area (Å²) < 4.78 is 5.74. The Bertz CT molecular complexity index is 467. The fourth-order valence-corrected chi connectivity index (χ4v) is 3.38. The molecule has 3 heteroatoms. The maximum atomic E-state index is 6.12. The Kier molecular flexibility index (Phi) is 7.22. The van der Waals surface area contributed by atoms with Crippen molar-refractivity contribution in [1.82, 2.24) is 4.90 Å². The van der Waals surface area contributed by atoms with Gasteiger partial charge in [0.2, 0.25) is 0 Å². The van der Waals surface area contributed by atoms with Crippen LogP contribution in [0.1, 0.15) is 57.9 Å². The molecule has 0 amide bonds. The van der Waals surface area contributed by atoms with Gasteiger partial charge in [0.25, 0.3) is 0 Å². The molecule has 1 aromatic rings. The second-order valence-corrected chi connectivity index (χ2v) is 7.45. The topological polar surface area (TPSA) is 38.5 Å². The summed E-state index contributed by atoms with van der Waals surface area (Å²) >= 11 is 0. The first-order chi connectivity index (χ1) is 11.1. The maximum Gasteiger partial charge on any atom is 0.142 e. The molecule has 3 nitrogen and oxygen atoms in total. The highest BCUT2D eigenvalue weighted by molar-refractivity contribution is 5.54. The van der Waals surface area contributed by atoms with Gasteiger partial charge in [-0.3, -0.25) is 0 Å². The largest absolute Gasteiger partial charge is 0.491 e. The summed E-state index contributed by atoms with van der Waals surface area (Å²) in [4.78, 5) is 2.56. The Morgan fingerprint density at radius 1 is 1.22 bits per heavy atom. The summed E-state index contributed by atoms with van der Waals surface area (Å²) in [5, 5.41) is 0. The summed E-state index contributed by atoms with van der Waals surface area (Å²) in [7, 11) is 2.28. The van der Waals surface area contributed by atoms with Crippen LogP contribution in [0.15, 0.2) is 18.2 Å². The van der Waals surface area contributed by atoms with Gasteiger partial charge < -0.3 is 15.4 Å². The molecule has 0 spiro atoms. The first-order valence-electron chi connectivity index (χ1n) is 9.27. The number of aryl methyl sites for hydroxylation is 1. The van der Waals surface area contributed by atoms with Crippen molar-refractivity contribution in [3.63, 3.8) is 0 Å². The Labute approximate surface area is 142 Å². The standard InChI is InChI=1S/C20H34N2O/c1-16(2)15-23-20-12-11-17(14-19(20)21)8-7-13-22(3)18-9-5-4-6-10-18/h11-12,14,16,18H,4-10,13,15,21H2,1-3H3. The Morgan fingerprint density at radius 2 is 1.96 bits per heavy atom. The van der Waals surface area contributed by atoms with Gasteiger partial charge in [0.15, 0.2) is 0 Å². The van der Waals surface area contributed by atoms with Gasteiger partial charge >= 0.3 is 0 Å². The normalized spacial score (nSPS) is 16.2. The molecular weight excluding hydrogens is 284 g/mol. The third kappa shape index (κ3) is 6.06. The maximum absolute atomic E-state index is 6.12. The second kappa shape index (κ2) is 9.17. The fraction of sp³-hybridized carbons (Fsp3) is 0.700. The fourth-order valence-electron chi connectivity index (χ4n) is 3.38. The van der Waals surface area contributed by atoms with Crippen LogP contribution >= 0.6 is 0 Å². The van der Waals surface area contributed by atoms with Gasteiger partial charge in [-0.25, -0.2) is 0 Å². The molecular formula is C20H34N2O. The smallest absolute Gasteiger partial charge is 0.142 e. The first kappa shape index (κ1) is 18.1. The molecule has 0 atom stereocenters. The van der Waals surface area contributed by atoms with E-state index in [1.165, 1.54) is 50.6 Å². The molecule has 1 fully saturated rings. The van der Waals surface area contributed by atoms with Crippen LogP contribution in [-0.2, 0) is 6.42 Å². The van der Waals surface area contributed by atoms with Gasteiger partial charge in [0.05, 0.1) is 12.3 Å². The lowest BCUT2D eigenvalue weighted by Gasteiger charge is -2.31. The zero-order valence-electron chi connectivity index (χ0n) is 15.2. The molecule has 0 radical (unpaired) electrons. The number of hydrogen-bond donors (Lipinski definition) is 1. The van der Waals surface area contributed by atoms with Crippen molar-refractivity contribution >= 4 is 5.69 Å². The molecule has 0 saturated heterocycles. The summed E-state index contributed by atoms with van der Waals surface area (Å²) in [6.07, 6.45) is 9.28.